The average molecular weight is 427 g/mol. The molecule has 1 atom stereocenters. The summed E-state index contributed by atoms with van der Waals surface area (Å²) < 4.78 is 10.5. The molecule has 30 heavy (non-hydrogen) atoms. The maximum Gasteiger partial charge on any atom is 0.265 e. The first-order valence-corrected chi connectivity index (χ1v) is 10.6. The molecule has 2 aliphatic heterocycles. The molecule has 1 unspecified atom stereocenters. The average Bonchev–Trinajstić information content (AvgIpc) is 3.26. The van der Waals surface area contributed by atoms with Gasteiger partial charge in [0.05, 0.1) is 18.7 Å². The van der Waals surface area contributed by atoms with E-state index in [-0.39, 0.29) is 30.9 Å². The van der Waals surface area contributed by atoms with Crippen LogP contribution in [0.15, 0.2) is 48.5 Å². The lowest BCUT2D eigenvalue weighted by molar-refractivity contribution is -0.136. The number of methoxy groups -OCH3 is 1. The van der Waals surface area contributed by atoms with Crippen LogP contribution in [-0.2, 0) is 14.4 Å². The molecule has 2 aromatic rings. The summed E-state index contributed by atoms with van der Waals surface area (Å²) in [5.41, 5.74) is 1.19. The van der Waals surface area contributed by atoms with Crippen molar-refractivity contribution in [3.63, 3.8) is 0 Å². The van der Waals surface area contributed by atoms with Crippen molar-refractivity contribution in [3.05, 3.63) is 48.5 Å². The van der Waals surface area contributed by atoms with Crippen molar-refractivity contribution in [2.24, 2.45) is 0 Å². The summed E-state index contributed by atoms with van der Waals surface area (Å²) in [6, 6.07) is 13.5. The lowest BCUT2D eigenvalue weighted by Gasteiger charge is -2.31. The molecular formula is C21H21N3O5S. The van der Waals surface area contributed by atoms with Crippen LogP contribution in [0.5, 0.6) is 11.5 Å². The van der Waals surface area contributed by atoms with Crippen LogP contribution >= 0.6 is 11.8 Å². The molecule has 9 heteroatoms. The van der Waals surface area contributed by atoms with E-state index < -0.39 is 6.04 Å². The molecule has 1 saturated heterocycles. The second kappa shape index (κ2) is 8.66. The Morgan fingerprint density at radius 2 is 1.97 bits per heavy atom. The van der Waals surface area contributed by atoms with E-state index in [9.17, 15) is 14.4 Å². The van der Waals surface area contributed by atoms with Gasteiger partial charge in [0.1, 0.15) is 24.1 Å². The maximum absolute atomic E-state index is 13.0. The molecule has 2 aromatic carbocycles. The lowest BCUT2D eigenvalue weighted by atomic mass is 10.2. The summed E-state index contributed by atoms with van der Waals surface area (Å²) in [6.07, 6.45) is 0. The van der Waals surface area contributed by atoms with Crippen molar-refractivity contribution in [3.8, 4) is 11.5 Å². The van der Waals surface area contributed by atoms with Crippen LogP contribution in [0.25, 0.3) is 0 Å². The largest absolute Gasteiger partial charge is 0.497 e. The molecule has 3 amide bonds. The standard InChI is InChI=1S/C21H21N3O5S/c1-28-15-8-6-14(7-9-15)22-21(27)17-12-30-13-24(17)19(25)10-23-16-4-2-3-5-18(16)29-11-20(23)26/h2-9,17H,10-13H2,1H3,(H,22,27). The summed E-state index contributed by atoms with van der Waals surface area (Å²) in [7, 11) is 1.57. The number of hydrogen-bond donors (Lipinski definition) is 1. The van der Waals surface area contributed by atoms with Gasteiger partial charge in [0, 0.05) is 11.4 Å². The Labute approximate surface area is 178 Å². The number of amides is 3. The van der Waals surface area contributed by atoms with Crippen LogP contribution in [0, 0.1) is 0 Å². The zero-order valence-electron chi connectivity index (χ0n) is 16.4. The summed E-state index contributed by atoms with van der Waals surface area (Å²) >= 11 is 1.51. The minimum atomic E-state index is -0.601. The van der Waals surface area contributed by atoms with Gasteiger partial charge < -0.3 is 19.7 Å². The molecule has 1 N–H and O–H groups in total. The van der Waals surface area contributed by atoms with E-state index in [0.29, 0.717) is 34.5 Å². The molecule has 4 rings (SSSR count). The Morgan fingerprint density at radius 3 is 2.73 bits per heavy atom. The van der Waals surface area contributed by atoms with Crippen molar-refractivity contribution >= 4 is 40.9 Å². The third-order valence-electron chi connectivity index (χ3n) is 4.96. The van der Waals surface area contributed by atoms with Gasteiger partial charge in [0.2, 0.25) is 11.8 Å². The van der Waals surface area contributed by atoms with Crippen LogP contribution in [0.1, 0.15) is 0 Å². The topological polar surface area (TPSA) is 88.2 Å². The fraction of sp³-hybridized carbons (Fsp3) is 0.286. The van der Waals surface area contributed by atoms with Gasteiger partial charge in [-0.2, -0.15) is 0 Å². The third kappa shape index (κ3) is 4.06. The van der Waals surface area contributed by atoms with Gasteiger partial charge in [-0.3, -0.25) is 19.3 Å². The molecule has 1 fully saturated rings. The number of ether oxygens (including phenoxy) is 2. The highest BCUT2D eigenvalue weighted by molar-refractivity contribution is 7.99. The van der Waals surface area contributed by atoms with Gasteiger partial charge >= 0.3 is 0 Å². The molecule has 0 spiro atoms. The predicted octanol–water partition coefficient (Wildman–Crippen LogP) is 1.96. The summed E-state index contributed by atoms with van der Waals surface area (Å²) in [4.78, 5) is 41.1. The number of nitrogens with one attached hydrogen (secondary N) is 1. The number of nitrogens with zero attached hydrogens (tertiary/aromatic N) is 2. The minimum Gasteiger partial charge on any atom is -0.497 e. The molecule has 0 aliphatic carbocycles. The molecular weight excluding hydrogens is 406 g/mol. The summed E-state index contributed by atoms with van der Waals surface area (Å²) in [5.74, 6) is 1.34. The molecule has 0 aromatic heterocycles. The van der Waals surface area contributed by atoms with Crippen LogP contribution < -0.4 is 19.7 Å². The van der Waals surface area contributed by atoms with E-state index in [1.165, 1.54) is 21.6 Å². The fourth-order valence-electron chi connectivity index (χ4n) is 3.36. The van der Waals surface area contributed by atoms with E-state index in [1.807, 2.05) is 6.07 Å². The molecule has 156 valence electrons. The number of thioether (sulfide) groups is 1. The minimum absolute atomic E-state index is 0.111. The zero-order valence-corrected chi connectivity index (χ0v) is 17.2. The first-order chi connectivity index (χ1) is 14.6. The van der Waals surface area contributed by atoms with Gasteiger partial charge in [-0.15, -0.1) is 11.8 Å². The van der Waals surface area contributed by atoms with Crippen LogP contribution in [0.2, 0.25) is 0 Å². The van der Waals surface area contributed by atoms with Gasteiger partial charge in [0.15, 0.2) is 6.61 Å². The van der Waals surface area contributed by atoms with Crippen molar-refractivity contribution in [2.45, 2.75) is 6.04 Å². The van der Waals surface area contributed by atoms with Gasteiger partial charge in [-0.25, -0.2) is 0 Å². The first kappa shape index (κ1) is 20.1. The number of carbonyl (C=O) groups excluding carboxylic acids is 3. The second-order valence-electron chi connectivity index (χ2n) is 6.83. The van der Waals surface area contributed by atoms with Crippen LogP contribution in [0.3, 0.4) is 0 Å². The highest BCUT2D eigenvalue weighted by Gasteiger charge is 2.37. The molecule has 0 radical (unpaired) electrons. The van der Waals surface area contributed by atoms with Gasteiger partial charge in [-0.1, -0.05) is 12.1 Å². The molecule has 0 saturated carbocycles. The molecule has 0 bridgehead atoms. The molecule has 2 aliphatic rings. The third-order valence-corrected chi connectivity index (χ3v) is 5.98. The highest BCUT2D eigenvalue weighted by atomic mass is 32.2. The van der Waals surface area contributed by atoms with Crippen LogP contribution in [0.4, 0.5) is 11.4 Å². The van der Waals surface area contributed by atoms with E-state index in [4.69, 9.17) is 9.47 Å². The number of para-hydroxylation sites is 2. The Morgan fingerprint density at radius 1 is 1.20 bits per heavy atom. The first-order valence-electron chi connectivity index (χ1n) is 9.41. The van der Waals surface area contributed by atoms with Crippen molar-refractivity contribution in [2.75, 3.05) is 42.1 Å². The van der Waals surface area contributed by atoms with Crippen molar-refractivity contribution in [1.82, 2.24) is 4.90 Å². The number of fused-ring (bicyclic) bond motifs is 1. The van der Waals surface area contributed by atoms with E-state index >= 15 is 0 Å². The molecule has 2 heterocycles. The number of carbonyl (C=O) groups is 3. The monoisotopic (exact) mass is 427 g/mol. The zero-order chi connectivity index (χ0) is 21.1. The van der Waals surface area contributed by atoms with E-state index in [2.05, 4.69) is 5.32 Å². The number of benzene rings is 2. The fourth-order valence-corrected chi connectivity index (χ4v) is 4.54. The number of rotatable bonds is 5. The summed E-state index contributed by atoms with van der Waals surface area (Å²) in [6.45, 7) is -0.244. The Balaban J connectivity index is 1.44. The number of hydrogen-bond acceptors (Lipinski definition) is 6. The van der Waals surface area contributed by atoms with E-state index in [0.717, 1.165) is 0 Å². The quantitative estimate of drug-likeness (QED) is 0.785. The normalized spacial score (nSPS) is 17.9. The Bertz CT molecular complexity index is 965. The number of anilines is 2. The predicted molar refractivity (Wildman–Crippen MR) is 114 cm³/mol. The van der Waals surface area contributed by atoms with Gasteiger partial charge in [-0.05, 0) is 36.4 Å². The SMILES string of the molecule is COc1ccc(NC(=O)C2CSCN2C(=O)CN2C(=O)COc3ccccc32)cc1. The Kier molecular flexibility index (Phi) is 5.80. The maximum atomic E-state index is 13.0. The van der Waals surface area contributed by atoms with Crippen molar-refractivity contribution in [1.29, 1.82) is 0 Å². The highest BCUT2D eigenvalue weighted by Crippen LogP contribution is 2.32. The smallest absolute Gasteiger partial charge is 0.265 e. The second-order valence-corrected chi connectivity index (χ2v) is 7.83. The lowest BCUT2D eigenvalue weighted by Crippen LogP contribution is -2.50. The van der Waals surface area contributed by atoms with Crippen LogP contribution in [-0.4, -0.2) is 60.6 Å². The van der Waals surface area contributed by atoms with Gasteiger partial charge in [0.25, 0.3) is 5.91 Å². The van der Waals surface area contributed by atoms with Crippen molar-refractivity contribution < 1.29 is 23.9 Å². The molecule has 8 nitrogen and oxygen atoms in total. The Hall–Kier alpha value is -3.20. The van der Waals surface area contributed by atoms with E-state index in [1.54, 1.807) is 49.6 Å². The summed E-state index contributed by atoms with van der Waals surface area (Å²) in [5, 5.41) is 2.85.